The summed E-state index contributed by atoms with van der Waals surface area (Å²) < 4.78 is 0. The molecule has 204 valence electrons. The van der Waals surface area contributed by atoms with E-state index in [0.717, 1.165) is 5.30 Å². The zero-order chi connectivity index (χ0) is 26.2. The van der Waals surface area contributed by atoms with E-state index in [1.54, 1.807) is 0 Å². The molecule has 0 aliphatic heterocycles. The topological polar surface area (TPSA) is 0 Å². The normalized spacial score (nSPS) is 10.3. The molecule has 0 aliphatic carbocycles. The van der Waals surface area contributed by atoms with E-state index in [2.05, 4.69) is 133 Å². The smallest absolute Gasteiger partial charge is 0.213 e. The SMILES string of the molecule is Clc1c(P(c2ccccc2)c2ccccc2)cc[c-]1Cl.[Fe+2].[Pd].c1ccc(P(c2ccccc2)c2ccc[cH-]2)cc1. The Labute approximate surface area is 274 Å². The van der Waals surface area contributed by atoms with Crippen LogP contribution in [0, 0.1) is 0 Å². The third-order valence-corrected chi connectivity index (χ3v) is 11.9. The molecule has 0 N–H and O–H groups in total. The first-order valence-corrected chi connectivity index (χ1v) is 15.8. The minimum atomic E-state index is -0.662. The molecule has 0 spiro atoms. The van der Waals surface area contributed by atoms with Crippen molar-refractivity contribution in [3.63, 3.8) is 0 Å². The number of halogens is 2. The molecule has 0 amide bonds. The minimum Gasteiger partial charge on any atom is -0.213 e. The third kappa shape index (κ3) is 8.15. The van der Waals surface area contributed by atoms with Crippen molar-refractivity contribution < 1.29 is 37.5 Å². The van der Waals surface area contributed by atoms with Gasteiger partial charge in [-0.3, -0.25) is 0 Å². The van der Waals surface area contributed by atoms with Gasteiger partial charge in [0.15, 0.2) is 0 Å². The molecule has 0 unspecified atom stereocenters. The van der Waals surface area contributed by atoms with E-state index < -0.39 is 15.8 Å². The van der Waals surface area contributed by atoms with Crippen molar-refractivity contribution in [3.8, 4) is 0 Å². The van der Waals surface area contributed by atoms with Gasteiger partial charge in [0.05, 0.1) is 0 Å². The average Bonchev–Trinajstić information content (AvgIpc) is 3.63. The molecule has 0 heterocycles. The third-order valence-electron chi connectivity index (χ3n) is 6.02. The molecule has 6 aromatic rings. The molecule has 0 atom stereocenters. The molecular weight excluding hydrogens is 703 g/mol. The predicted molar refractivity (Wildman–Crippen MR) is 172 cm³/mol. The molecule has 6 aromatic carbocycles. The van der Waals surface area contributed by atoms with Crippen LogP contribution in [0.2, 0.25) is 10.0 Å². The van der Waals surface area contributed by atoms with Crippen molar-refractivity contribution in [1.29, 1.82) is 0 Å². The van der Waals surface area contributed by atoms with Gasteiger partial charge in [-0.2, -0.15) is 29.8 Å². The van der Waals surface area contributed by atoms with Gasteiger partial charge < -0.3 is 0 Å². The summed E-state index contributed by atoms with van der Waals surface area (Å²) >= 11 is 12.5. The predicted octanol–water partition coefficient (Wildman–Crippen LogP) is 7.63. The molecule has 0 aliphatic rings. The maximum atomic E-state index is 6.39. The zero-order valence-electron chi connectivity index (χ0n) is 21.3. The van der Waals surface area contributed by atoms with Crippen LogP contribution in [0.1, 0.15) is 0 Å². The van der Waals surface area contributed by atoms with Gasteiger partial charge >= 0.3 is 17.1 Å². The van der Waals surface area contributed by atoms with Crippen LogP contribution in [0.4, 0.5) is 0 Å². The van der Waals surface area contributed by atoms with Gasteiger partial charge in [0.25, 0.3) is 0 Å². The molecule has 6 rings (SSSR count). The first kappa shape index (κ1) is 32.7. The summed E-state index contributed by atoms with van der Waals surface area (Å²) in [5.41, 5.74) is 0. The van der Waals surface area contributed by atoms with Crippen LogP contribution >= 0.6 is 39.0 Å². The van der Waals surface area contributed by atoms with E-state index in [0.29, 0.717) is 10.0 Å². The van der Waals surface area contributed by atoms with E-state index in [1.807, 2.05) is 24.3 Å². The van der Waals surface area contributed by atoms with E-state index in [9.17, 15) is 0 Å². The molecule has 0 nitrogen and oxygen atoms in total. The van der Waals surface area contributed by atoms with Gasteiger partial charge in [-0.15, -0.1) is 22.2 Å². The molecule has 0 saturated carbocycles. The van der Waals surface area contributed by atoms with Crippen LogP contribution in [-0.2, 0) is 37.5 Å². The summed E-state index contributed by atoms with van der Waals surface area (Å²) in [6, 6.07) is 55.1. The molecule has 0 aromatic heterocycles. The Hall–Kier alpha value is -1.80. The summed E-state index contributed by atoms with van der Waals surface area (Å²) in [6.07, 6.45) is 0. The Balaban J connectivity index is 0.000000211. The molecular formula is C34H26Cl2FeP2Pd. The second-order valence-corrected chi connectivity index (χ2v) is 13.7. The first-order valence-electron chi connectivity index (χ1n) is 12.4. The molecule has 0 radical (unpaired) electrons. The van der Waals surface area contributed by atoms with Gasteiger partial charge in [-0.05, 0) is 29.1 Å². The van der Waals surface area contributed by atoms with Crippen LogP contribution in [0.25, 0.3) is 0 Å². The fraction of sp³-hybridized carbons (Fsp3) is 0. The Morgan fingerprint density at radius 1 is 0.525 bits per heavy atom. The summed E-state index contributed by atoms with van der Waals surface area (Å²) in [5.74, 6) is 0. The maximum absolute atomic E-state index is 6.39. The number of rotatable bonds is 6. The van der Waals surface area contributed by atoms with Crippen molar-refractivity contribution >= 4 is 70.9 Å². The largest absolute Gasteiger partial charge is 2.00 e. The molecule has 40 heavy (non-hydrogen) atoms. The standard InChI is InChI=1S/C17H12Cl2P.C17H14P.Fe.Pd/c18-15-11-12-16(17(15)19)20(13-7-3-1-4-8-13)14-9-5-2-6-10-14;1-3-9-15(10-4-1)18(17-13-7-8-14-17)16-11-5-2-6-12-16;;/h1-12H;1-14H;;/q2*-1;+2;. The van der Waals surface area contributed by atoms with Gasteiger partial charge in [-0.25, -0.2) is 18.2 Å². The van der Waals surface area contributed by atoms with Gasteiger partial charge in [0.1, 0.15) is 0 Å². The maximum Gasteiger partial charge on any atom is 2.00 e. The van der Waals surface area contributed by atoms with Gasteiger partial charge in [-0.1, -0.05) is 139 Å². The van der Waals surface area contributed by atoms with E-state index in [1.165, 1.54) is 26.5 Å². The minimum absolute atomic E-state index is 0. The quantitative estimate of drug-likeness (QED) is 0.0941. The van der Waals surface area contributed by atoms with Crippen LogP contribution in [0.15, 0.2) is 158 Å². The first-order chi connectivity index (χ1) is 18.7. The zero-order valence-corrected chi connectivity index (χ0v) is 27.3. The van der Waals surface area contributed by atoms with Crippen molar-refractivity contribution in [2.45, 2.75) is 0 Å². The Bertz CT molecular complexity index is 1450. The fourth-order valence-corrected chi connectivity index (χ4v) is 9.54. The average molecular weight is 730 g/mol. The Kier molecular flexibility index (Phi) is 13.6. The summed E-state index contributed by atoms with van der Waals surface area (Å²) in [4.78, 5) is 0. The molecule has 0 fully saturated rings. The van der Waals surface area contributed by atoms with Crippen molar-refractivity contribution in [1.82, 2.24) is 0 Å². The van der Waals surface area contributed by atoms with Gasteiger partial charge in [0, 0.05) is 20.4 Å². The second-order valence-electron chi connectivity index (χ2n) is 8.54. The Morgan fingerprint density at radius 2 is 0.925 bits per heavy atom. The van der Waals surface area contributed by atoms with Gasteiger partial charge in [0.2, 0.25) is 0 Å². The fourth-order valence-electron chi connectivity index (χ4n) is 4.29. The van der Waals surface area contributed by atoms with Crippen LogP contribution in [0.5, 0.6) is 0 Å². The van der Waals surface area contributed by atoms with E-state index in [4.69, 9.17) is 23.2 Å². The molecule has 0 bridgehead atoms. The number of hydrogen-bond acceptors (Lipinski definition) is 0. The number of hydrogen-bond donors (Lipinski definition) is 0. The van der Waals surface area contributed by atoms with E-state index in [-0.39, 0.29) is 37.5 Å². The van der Waals surface area contributed by atoms with Crippen LogP contribution in [-0.4, -0.2) is 0 Å². The Morgan fingerprint density at radius 3 is 1.25 bits per heavy atom. The molecule has 0 saturated heterocycles. The molecule has 6 heteroatoms. The van der Waals surface area contributed by atoms with Crippen molar-refractivity contribution in [2.75, 3.05) is 0 Å². The number of benzene rings is 4. The van der Waals surface area contributed by atoms with E-state index >= 15 is 0 Å². The monoisotopic (exact) mass is 728 g/mol. The second kappa shape index (κ2) is 16.6. The van der Waals surface area contributed by atoms with Crippen molar-refractivity contribution in [2.24, 2.45) is 0 Å². The summed E-state index contributed by atoms with van der Waals surface area (Å²) in [6.45, 7) is 0. The van der Waals surface area contributed by atoms with Crippen LogP contribution < -0.4 is 31.8 Å². The summed E-state index contributed by atoms with van der Waals surface area (Å²) in [5, 5.41) is 9.20. The van der Waals surface area contributed by atoms with Crippen molar-refractivity contribution in [3.05, 3.63) is 168 Å². The van der Waals surface area contributed by atoms with Crippen LogP contribution in [0.3, 0.4) is 0 Å². The summed E-state index contributed by atoms with van der Waals surface area (Å²) in [7, 11) is -1.07.